The lowest BCUT2D eigenvalue weighted by molar-refractivity contribution is -0.126. The van der Waals surface area contributed by atoms with Crippen molar-refractivity contribution in [2.24, 2.45) is 11.8 Å². The SMILES string of the molecule is CC(C)CCCC(C)NC(=O)C1CCCN(S(=O)(=O)c2cccs2)C1. The van der Waals surface area contributed by atoms with Gasteiger partial charge in [-0.2, -0.15) is 4.31 Å². The molecule has 2 heterocycles. The van der Waals surface area contributed by atoms with Crippen LogP contribution in [-0.4, -0.2) is 37.8 Å². The lowest BCUT2D eigenvalue weighted by Gasteiger charge is -2.31. The standard InChI is InChI=1S/C18H30N2O3S2/c1-14(2)7-4-8-15(3)19-18(21)16-9-5-11-20(13-16)25(22,23)17-10-6-12-24-17/h6,10,12,14-16H,4-5,7-9,11,13H2,1-3H3,(H,19,21). The van der Waals surface area contributed by atoms with E-state index in [1.165, 1.54) is 15.6 Å². The highest BCUT2D eigenvalue weighted by Gasteiger charge is 2.34. The molecule has 2 unspecified atom stereocenters. The van der Waals surface area contributed by atoms with Crippen LogP contribution in [0.1, 0.15) is 52.9 Å². The Morgan fingerprint density at radius 1 is 1.36 bits per heavy atom. The van der Waals surface area contributed by atoms with Crippen molar-refractivity contribution in [3.8, 4) is 0 Å². The first-order chi connectivity index (χ1) is 11.8. The first-order valence-electron chi connectivity index (χ1n) is 9.14. The number of sulfonamides is 1. The molecule has 1 aliphatic rings. The molecule has 0 saturated carbocycles. The summed E-state index contributed by atoms with van der Waals surface area (Å²) in [5, 5.41) is 4.84. The van der Waals surface area contributed by atoms with Crippen molar-refractivity contribution >= 4 is 27.3 Å². The van der Waals surface area contributed by atoms with Crippen molar-refractivity contribution in [3.05, 3.63) is 17.5 Å². The molecule has 1 aliphatic heterocycles. The van der Waals surface area contributed by atoms with E-state index in [1.54, 1.807) is 17.5 Å². The normalized spacial score (nSPS) is 20.6. The fourth-order valence-electron chi connectivity index (χ4n) is 3.18. The van der Waals surface area contributed by atoms with E-state index in [0.717, 1.165) is 32.1 Å². The van der Waals surface area contributed by atoms with Crippen LogP contribution >= 0.6 is 11.3 Å². The zero-order valence-corrected chi connectivity index (χ0v) is 17.0. The molecule has 0 spiro atoms. The van der Waals surface area contributed by atoms with Crippen LogP contribution in [-0.2, 0) is 14.8 Å². The number of piperidine rings is 1. The van der Waals surface area contributed by atoms with Crippen molar-refractivity contribution in [2.75, 3.05) is 13.1 Å². The van der Waals surface area contributed by atoms with Gasteiger partial charge in [-0.15, -0.1) is 11.3 Å². The highest BCUT2D eigenvalue weighted by atomic mass is 32.2. The van der Waals surface area contributed by atoms with E-state index in [-0.39, 0.29) is 24.4 Å². The van der Waals surface area contributed by atoms with E-state index in [4.69, 9.17) is 0 Å². The summed E-state index contributed by atoms with van der Waals surface area (Å²) < 4.78 is 27.1. The van der Waals surface area contributed by atoms with Gasteiger partial charge in [0.25, 0.3) is 10.0 Å². The van der Waals surface area contributed by atoms with Gasteiger partial charge in [-0.1, -0.05) is 32.8 Å². The Labute approximate surface area is 155 Å². The molecule has 1 saturated heterocycles. The number of thiophene rings is 1. The predicted molar refractivity (Wildman–Crippen MR) is 102 cm³/mol. The summed E-state index contributed by atoms with van der Waals surface area (Å²) in [6.45, 7) is 7.21. The highest BCUT2D eigenvalue weighted by Crippen LogP contribution is 2.26. The van der Waals surface area contributed by atoms with Crippen LogP contribution in [0, 0.1) is 11.8 Å². The monoisotopic (exact) mass is 386 g/mol. The lowest BCUT2D eigenvalue weighted by Crippen LogP contribution is -2.46. The van der Waals surface area contributed by atoms with E-state index in [2.05, 4.69) is 19.2 Å². The third-order valence-corrected chi connectivity index (χ3v) is 7.89. The molecule has 1 amide bonds. The van der Waals surface area contributed by atoms with Crippen LogP contribution in [0.2, 0.25) is 0 Å². The first-order valence-corrected chi connectivity index (χ1v) is 11.5. The molecule has 0 bridgehead atoms. The number of rotatable bonds is 8. The van der Waals surface area contributed by atoms with E-state index in [0.29, 0.717) is 16.7 Å². The summed E-state index contributed by atoms with van der Waals surface area (Å²) in [5.74, 6) is 0.413. The van der Waals surface area contributed by atoms with Gasteiger partial charge in [-0.3, -0.25) is 4.79 Å². The fourth-order valence-corrected chi connectivity index (χ4v) is 5.85. The Hall–Kier alpha value is -0.920. The number of carbonyl (C=O) groups excluding carboxylic acids is 1. The van der Waals surface area contributed by atoms with E-state index < -0.39 is 10.0 Å². The van der Waals surface area contributed by atoms with Gasteiger partial charge in [0.1, 0.15) is 4.21 Å². The molecule has 1 N–H and O–H groups in total. The van der Waals surface area contributed by atoms with Crippen LogP contribution in [0.3, 0.4) is 0 Å². The zero-order chi connectivity index (χ0) is 18.4. The van der Waals surface area contributed by atoms with Crippen molar-refractivity contribution < 1.29 is 13.2 Å². The molecule has 5 nitrogen and oxygen atoms in total. The Kier molecular flexibility index (Phi) is 7.46. The molecule has 0 radical (unpaired) electrons. The molecule has 7 heteroatoms. The summed E-state index contributed by atoms with van der Waals surface area (Å²) in [6.07, 6.45) is 4.71. The van der Waals surface area contributed by atoms with Gasteiger partial charge < -0.3 is 5.32 Å². The molecule has 1 aromatic heterocycles. The van der Waals surface area contributed by atoms with Crippen molar-refractivity contribution in [1.29, 1.82) is 0 Å². The number of carbonyl (C=O) groups is 1. The summed E-state index contributed by atoms with van der Waals surface area (Å²) in [7, 11) is -3.47. The van der Waals surface area contributed by atoms with Crippen molar-refractivity contribution in [2.45, 2.75) is 63.1 Å². The van der Waals surface area contributed by atoms with Gasteiger partial charge in [0.2, 0.25) is 5.91 Å². The maximum Gasteiger partial charge on any atom is 0.252 e. The van der Waals surface area contributed by atoms with Gasteiger partial charge in [-0.25, -0.2) is 8.42 Å². The average molecular weight is 387 g/mol. The van der Waals surface area contributed by atoms with Gasteiger partial charge in [-0.05, 0) is 43.6 Å². The minimum Gasteiger partial charge on any atom is -0.353 e. The number of amides is 1. The summed E-state index contributed by atoms with van der Waals surface area (Å²) in [5.41, 5.74) is 0. The summed E-state index contributed by atoms with van der Waals surface area (Å²) >= 11 is 1.22. The number of nitrogens with zero attached hydrogens (tertiary/aromatic N) is 1. The third-order valence-electron chi connectivity index (χ3n) is 4.65. The molecule has 0 aromatic carbocycles. The van der Waals surface area contributed by atoms with Crippen molar-refractivity contribution in [1.82, 2.24) is 9.62 Å². The van der Waals surface area contributed by atoms with E-state index in [9.17, 15) is 13.2 Å². The quantitative estimate of drug-likeness (QED) is 0.744. The van der Waals surface area contributed by atoms with Crippen LogP contribution in [0.4, 0.5) is 0 Å². The topological polar surface area (TPSA) is 66.5 Å². The van der Waals surface area contributed by atoms with Gasteiger partial charge in [0.15, 0.2) is 0 Å². The lowest BCUT2D eigenvalue weighted by atomic mass is 9.98. The summed E-state index contributed by atoms with van der Waals surface area (Å²) in [4.78, 5) is 12.5. The predicted octanol–water partition coefficient (Wildman–Crippen LogP) is 3.48. The van der Waals surface area contributed by atoms with Gasteiger partial charge in [0.05, 0.1) is 5.92 Å². The molecule has 1 aromatic rings. The Morgan fingerprint density at radius 2 is 2.12 bits per heavy atom. The second-order valence-corrected chi connectivity index (χ2v) is 10.5. The van der Waals surface area contributed by atoms with Crippen LogP contribution in [0.15, 0.2) is 21.7 Å². The Bertz CT molecular complexity index is 641. The van der Waals surface area contributed by atoms with Crippen LogP contribution in [0.25, 0.3) is 0 Å². The molecular weight excluding hydrogens is 356 g/mol. The van der Waals surface area contributed by atoms with Crippen LogP contribution < -0.4 is 5.32 Å². The second kappa shape index (κ2) is 9.14. The third kappa shape index (κ3) is 5.79. The van der Waals surface area contributed by atoms with Crippen molar-refractivity contribution in [3.63, 3.8) is 0 Å². The smallest absolute Gasteiger partial charge is 0.252 e. The summed E-state index contributed by atoms with van der Waals surface area (Å²) in [6, 6.07) is 3.50. The number of hydrogen-bond acceptors (Lipinski definition) is 4. The van der Waals surface area contributed by atoms with Crippen LogP contribution in [0.5, 0.6) is 0 Å². The molecule has 142 valence electrons. The first kappa shape index (κ1) is 20.4. The Morgan fingerprint density at radius 3 is 2.76 bits per heavy atom. The maximum absolute atomic E-state index is 12.6. The fraction of sp³-hybridized carbons (Fsp3) is 0.722. The van der Waals surface area contributed by atoms with Gasteiger partial charge in [0, 0.05) is 19.1 Å². The zero-order valence-electron chi connectivity index (χ0n) is 15.4. The minimum absolute atomic E-state index is 0.0110. The molecule has 25 heavy (non-hydrogen) atoms. The molecule has 0 aliphatic carbocycles. The highest BCUT2D eigenvalue weighted by molar-refractivity contribution is 7.91. The average Bonchev–Trinajstić information content (AvgIpc) is 3.10. The molecule has 1 fully saturated rings. The maximum atomic E-state index is 12.6. The van der Waals surface area contributed by atoms with E-state index >= 15 is 0 Å². The second-order valence-electron chi connectivity index (χ2n) is 7.37. The molecular formula is C18H30N2O3S2. The Balaban J connectivity index is 1.89. The van der Waals surface area contributed by atoms with E-state index in [1.807, 2.05) is 6.92 Å². The number of hydrogen-bond donors (Lipinski definition) is 1. The van der Waals surface area contributed by atoms with Gasteiger partial charge >= 0.3 is 0 Å². The number of nitrogens with one attached hydrogen (secondary N) is 1. The molecule has 2 rings (SSSR count). The minimum atomic E-state index is -3.47. The molecule has 2 atom stereocenters. The largest absolute Gasteiger partial charge is 0.353 e.